The van der Waals surface area contributed by atoms with E-state index in [4.69, 9.17) is 4.74 Å². The second kappa shape index (κ2) is 8.93. The highest BCUT2D eigenvalue weighted by Gasteiger charge is 2.35. The summed E-state index contributed by atoms with van der Waals surface area (Å²) in [5.74, 6) is -0.475. The van der Waals surface area contributed by atoms with Crippen molar-refractivity contribution in [3.8, 4) is 5.75 Å². The molecule has 1 aliphatic heterocycles. The number of ether oxygens (including phenoxy) is 2. The number of carbonyl (C=O) groups excluding carboxylic acids is 1. The number of amides is 1. The summed E-state index contributed by atoms with van der Waals surface area (Å²) in [7, 11) is 0. The van der Waals surface area contributed by atoms with Crippen molar-refractivity contribution in [1.29, 1.82) is 0 Å². The molecule has 2 rings (SSSR count). The Kier molecular flexibility index (Phi) is 7.11. The van der Waals surface area contributed by atoms with Gasteiger partial charge in [0.05, 0.1) is 18.2 Å². The first-order valence-corrected chi connectivity index (χ1v) is 9.07. The van der Waals surface area contributed by atoms with Crippen molar-refractivity contribution >= 4 is 5.91 Å². The SMILES string of the molecule is CC1CN(C(C(=O)NCc2ccccc2OC(F)(F)F)C(C)C)CC(C)O1. The molecule has 27 heavy (non-hydrogen) atoms. The summed E-state index contributed by atoms with van der Waals surface area (Å²) in [6.45, 7) is 9.06. The Morgan fingerprint density at radius 1 is 1.26 bits per heavy atom. The first-order chi connectivity index (χ1) is 12.6. The van der Waals surface area contributed by atoms with Gasteiger partial charge in [0.1, 0.15) is 5.75 Å². The van der Waals surface area contributed by atoms with Gasteiger partial charge in [0.15, 0.2) is 0 Å². The third-order valence-electron chi connectivity index (χ3n) is 4.39. The maximum absolute atomic E-state index is 12.8. The Balaban J connectivity index is 2.07. The average Bonchev–Trinajstić information content (AvgIpc) is 2.51. The molecule has 0 aromatic heterocycles. The summed E-state index contributed by atoms with van der Waals surface area (Å²) in [4.78, 5) is 14.9. The molecule has 1 aliphatic rings. The predicted molar refractivity (Wildman–Crippen MR) is 95.2 cm³/mol. The van der Waals surface area contributed by atoms with Crippen LogP contribution in [0.4, 0.5) is 13.2 Å². The largest absolute Gasteiger partial charge is 0.573 e. The Morgan fingerprint density at radius 2 is 1.85 bits per heavy atom. The molecule has 0 spiro atoms. The van der Waals surface area contributed by atoms with Crippen molar-refractivity contribution in [3.05, 3.63) is 29.8 Å². The highest BCUT2D eigenvalue weighted by atomic mass is 19.4. The topological polar surface area (TPSA) is 50.8 Å². The van der Waals surface area contributed by atoms with Crippen LogP contribution >= 0.6 is 0 Å². The molecule has 1 heterocycles. The number of halogens is 3. The number of nitrogens with zero attached hydrogens (tertiary/aromatic N) is 1. The van der Waals surface area contributed by atoms with Crippen LogP contribution in [0.3, 0.4) is 0 Å². The molecule has 1 fully saturated rings. The fourth-order valence-electron chi connectivity index (χ4n) is 3.50. The van der Waals surface area contributed by atoms with Crippen molar-refractivity contribution in [2.45, 2.75) is 58.9 Å². The van der Waals surface area contributed by atoms with Crippen molar-refractivity contribution in [2.75, 3.05) is 13.1 Å². The van der Waals surface area contributed by atoms with E-state index < -0.39 is 6.36 Å². The molecular weight excluding hydrogens is 361 g/mol. The van der Waals surface area contributed by atoms with Gasteiger partial charge in [-0.15, -0.1) is 13.2 Å². The van der Waals surface area contributed by atoms with E-state index in [1.807, 2.05) is 27.7 Å². The number of alkyl halides is 3. The average molecular weight is 388 g/mol. The fraction of sp³-hybridized carbons (Fsp3) is 0.632. The van der Waals surface area contributed by atoms with Crippen LogP contribution in [0.1, 0.15) is 33.3 Å². The van der Waals surface area contributed by atoms with Gasteiger partial charge in [0, 0.05) is 25.2 Å². The quantitative estimate of drug-likeness (QED) is 0.812. The second-order valence-corrected chi connectivity index (χ2v) is 7.27. The molecule has 3 unspecified atom stereocenters. The number of hydrogen-bond acceptors (Lipinski definition) is 4. The summed E-state index contributed by atoms with van der Waals surface area (Å²) < 4.78 is 47.4. The summed E-state index contributed by atoms with van der Waals surface area (Å²) in [5.41, 5.74) is 0.273. The van der Waals surface area contributed by atoms with Gasteiger partial charge in [-0.25, -0.2) is 0 Å². The van der Waals surface area contributed by atoms with Crippen LogP contribution in [0.2, 0.25) is 0 Å². The van der Waals surface area contributed by atoms with Crippen LogP contribution in [0, 0.1) is 5.92 Å². The van der Waals surface area contributed by atoms with Crippen LogP contribution < -0.4 is 10.1 Å². The Morgan fingerprint density at radius 3 is 2.41 bits per heavy atom. The summed E-state index contributed by atoms with van der Waals surface area (Å²) >= 11 is 0. The van der Waals surface area contributed by atoms with Gasteiger partial charge < -0.3 is 14.8 Å². The number of para-hydroxylation sites is 1. The predicted octanol–water partition coefficient (Wildman–Crippen LogP) is 3.34. The molecule has 3 atom stereocenters. The molecule has 8 heteroatoms. The van der Waals surface area contributed by atoms with Crippen molar-refractivity contribution in [1.82, 2.24) is 10.2 Å². The number of carbonyl (C=O) groups is 1. The second-order valence-electron chi connectivity index (χ2n) is 7.27. The smallest absolute Gasteiger partial charge is 0.405 e. The lowest BCUT2D eigenvalue weighted by Crippen LogP contribution is -2.56. The lowest BCUT2D eigenvalue weighted by molar-refractivity contribution is -0.274. The molecule has 0 saturated carbocycles. The highest BCUT2D eigenvalue weighted by molar-refractivity contribution is 5.82. The molecular formula is C19H27F3N2O3. The molecule has 152 valence electrons. The van der Waals surface area contributed by atoms with Crippen LogP contribution in [0.25, 0.3) is 0 Å². The van der Waals surface area contributed by atoms with Crippen LogP contribution in [-0.2, 0) is 16.1 Å². The fourth-order valence-corrected chi connectivity index (χ4v) is 3.50. The van der Waals surface area contributed by atoms with Crippen LogP contribution in [0.15, 0.2) is 24.3 Å². The molecule has 1 amide bonds. The summed E-state index contributed by atoms with van der Waals surface area (Å²) in [6.07, 6.45) is -4.74. The lowest BCUT2D eigenvalue weighted by atomic mass is 9.99. The monoisotopic (exact) mass is 388 g/mol. The zero-order chi connectivity index (χ0) is 20.2. The van der Waals surface area contributed by atoms with Gasteiger partial charge in [-0.1, -0.05) is 32.0 Å². The molecule has 1 N–H and O–H groups in total. The summed E-state index contributed by atoms with van der Waals surface area (Å²) in [6, 6.07) is 5.43. The third kappa shape index (κ3) is 6.39. The number of nitrogens with one attached hydrogen (secondary N) is 1. The minimum Gasteiger partial charge on any atom is -0.405 e. The minimum absolute atomic E-state index is 0.0173. The first kappa shape index (κ1) is 21.5. The van der Waals surface area contributed by atoms with Crippen LogP contribution in [0.5, 0.6) is 5.75 Å². The van der Waals surface area contributed by atoms with Gasteiger partial charge >= 0.3 is 6.36 Å². The maximum atomic E-state index is 12.8. The summed E-state index contributed by atoms with van der Waals surface area (Å²) in [5, 5.41) is 2.76. The van der Waals surface area contributed by atoms with E-state index in [0.717, 1.165) is 0 Å². The van der Waals surface area contributed by atoms with Crippen molar-refractivity contribution < 1.29 is 27.4 Å². The van der Waals surface area contributed by atoms with E-state index in [0.29, 0.717) is 13.1 Å². The standard InChI is InChI=1S/C19H27F3N2O3/c1-12(2)17(24-10-13(3)26-14(4)11-24)18(25)23-9-15-7-5-6-8-16(15)27-19(20,21)22/h5-8,12-14,17H,9-11H2,1-4H3,(H,23,25). The number of morpholine rings is 1. The van der Waals surface area contributed by atoms with E-state index in [9.17, 15) is 18.0 Å². The molecule has 1 aromatic rings. The van der Waals surface area contributed by atoms with Gasteiger partial charge in [-0.2, -0.15) is 0 Å². The first-order valence-electron chi connectivity index (χ1n) is 9.07. The molecule has 5 nitrogen and oxygen atoms in total. The third-order valence-corrected chi connectivity index (χ3v) is 4.39. The maximum Gasteiger partial charge on any atom is 0.573 e. The Bertz CT molecular complexity index is 627. The van der Waals surface area contributed by atoms with Gasteiger partial charge in [0.2, 0.25) is 5.91 Å². The Labute approximate surface area is 157 Å². The lowest BCUT2D eigenvalue weighted by Gasteiger charge is -2.41. The number of benzene rings is 1. The van der Waals surface area contributed by atoms with Gasteiger partial charge in [0.25, 0.3) is 0 Å². The number of hydrogen-bond donors (Lipinski definition) is 1. The molecule has 1 aromatic carbocycles. The zero-order valence-electron chi connectivity index (χ0n) is 16.0. The van der Waals surface area contributed by atoms with E-state index in [1.165, 1.54) is 18.2 Å². The normalized spacial score (nSPS) is 22.5. The molecule has 1 saturated heterocycles. The van der Waals surface area contributed by atoms with Crippen molar-refractivity contribution in [3.63, 3.8) is 0 Å². The Hall–Kier alpha value is -1.80. The van der Waals surface area contributed by atoms with Crippen molar-refractivity contribution in [2.24, 2.45) is 5.92 Å². The van der Waals surface area contributed by atoms with E-state index in [1.54, 1.807) is 6.07 Å². The van der Waals surface area contributed by atoms with Gasteiger partial charge in [-0.3, -0.25) is 9.69 Å². The molecule has 0 bridgehead atoms. The minimum atomic E-state index is -4.78. The highest BCUT2D eigenvalue weighted by Crippen LogP contribution is 2.26. The van der Waals surface area contributed by atoms with E-state index in [-0.39, 0.29) is 47.9 Å². The van der Waals surface area contributed by atoms with Crippen LogP contribution in [-0.4, -0.2) is 48.5 Å². The molecule has 0 aliphatic carbocycles. The zero-order valence-corrected chi connectivity index (χ0v) is 16.0. The van der Waals surface area contributed by atoms with Gasteiger partial charge in [-0.05, 0) is 25.8 Å². The van der Waals surface area contributed by atoms with E-state index >= 15 is 0 Å². The number of rotatable bonds is 6. The molecule has 0 radical (unpaired) electrons. The van der Waals surface area contributed by atoms with E-state index in [2.05, 4.69) is 15.0 Å².